The van der Waals surface area contributed by atoms with Crippen LogP contribution in [0.3, 0.4) is 0 Å². The number of halogens is 1. The maximum Gasteiger partial charge on any atom is 0.231 e. The highest BCUT2D eigenvalue weighted by molar-refractivity contribution is 9.10. The fourth-order valence-corrected chi connectivity index (χ4v) is 3.22. The Morgan fingerprint density at radius 1 is 1.39 bits per heavy atom. The molecule has 0 radical (unpaired) electrons. The first-order chi connectivity index (χ1) is 8.75. The van der Waals surface area contributed by atoms with E-state index in [2.05, 4.69) is 34.2 Å². The van der Waals surface area contributed by atoms with Gasteiger partial charge in [0.1, 0.15) is 0 Å². The molecule has 1 atom stereocenters. The fourth-order valence-electron chi connectivity index (χ4n) is 2.76. The minimum absolute atomic E-state index is 0.341. The second-order valence-corrected chi connectivity index (χ2v) is 5.85. The number of benzene rings is 1. The van der Waals surface area contributed by atoms with Gasteiger partial charge >= 0.3 is 0 Å². The minimum atomic E-state index is 0.341. The summed E-state index contributed by atoms with van der Waals surface area (Å²) in [5, 5.41) is 3.59. The van der Waals surface area contributed by atoms with E-state index in [-0.39, 0.29) is 0 Å². The summed E-state index contributed by atoms with van der Waals surface area (Å²) in [4.78, 5) is 0. The third-order valence-electron chi connectivity index (χ3n) is 3.78. The lowest BCUT2D eigenvalue weighted by molar-refractivity contribution is 0.173. The number of nitrogens with one attached hydrogen (secondary N) is 1. The van der Waals surface area contributed by atoms with Crippen molar-refractivity contribution in [2.75, 3.05) is 13.3 Å². The topological polar surface area (TPSA) is 30.5 Å². The zero-order valence-electron chi connectivity index (χ0n) is 10.6. The van der Waals surface area contributed by atoms with Crippen molar-refractivity contribution >= 4 is 15.9 Å². The van der Waals surface area contributed by atoms with Crippen molar-refractivity contribution in [3.63, 3.8) is 0 Å². The normalized spacial score (nSPS) is 22.2. The molecule has 0 saturated carbocycles. The zero-order valence-corrected chi connectivity index (χ0v) is 12.2. The van der Waals surface area contributed by atoms with Gasteiger partial charge in [0, 0.05) is 16.1 Å². The smallest absolute Gasteiger partial charge is 0.231 e. The van der Waals surface area contributed by atoms with Gasteiger partial charge in [-0.1, -0.05) is 22.4 Å². The predicted molar refractivity (Wildman–Crippen MR) is 74.3 cm³/mol. The molecular formula is C14H18BrNO2. The van der Waals surface area contributed by atoms with E-state index in [1.54, 1.807) is 0 Å². The Morgan fingerprint density at radius 2 is 2.28 bits per heavy atom. The van der Waals surface area contributed by atoms with Gasteiger partial charge in [0.05, 0.1) is 0 Å². The van der Waals surface area contributed by atoms with Gasteiger partial charge < -0.3 is 14.8 Å². The van der Waals surface area contributed by atoms with Crippen molar-refractivity contribution in [2.45, 2.75) is 38.6 Å². The van der Waals surface area contributed by atoms with Crippen molar-refractivity contribution in [1.82, 2.24) is 5.32 Å². The third-order valence-corrected chi connectivity index (χ3v) is 4.88. The molecule has 3 nitrogen and oxygen atoms in total. The molecular weight excluding hydrogens is 294 g/mol. The molecule has 1 aromatic carbocycles. The van der Waals surface area contributed by atoms with Crippen LogP contribution in [0.5, 0.6) is 11.5 Å². The van der Waals surface area contributed by atoms with E-state index in [9.17, 15) is 0 Å². The minimum Gasteiger partial charge on any atom is -0.454 e. The van der Waals surface area contributed by atoms with Crippen molar-refractivity contribution in [3.05, 3.63) is 21.7 Å². The number of fused-ring (bicyclic) bond motifs is 1. The van der Waals surface area contributed by atoms with Crippen LogP contribution in [-0.2, 0) is 6.42 Å². The van der Waals surface area contributed by atoms with E-state index >= 15 is 0 Å². The summed E-state index contributed by atoms with van der Waals surface area (Å²) in [5.41, 5.74) is 2.46. The molecule has 0 amide bonds. The highest BCUT2D eigenvalue weighted by Crippen LogP contribution is 2.41. The van der Waals surface area contributed by atoms with Gasteiger partial charge in [-0.05, 0) is 44.4 Å². The van der Waals surface area contributed by atoms with E-state index in [0.29, 0.717) is 12.8 Å². The quantitative estimate of drug-likeness (QED) is 0.910. The molecule has 0 spiro atoms. The maximum atomic E-state index is 5.50. The predicted octanol–water partition coefficient (Wildman–Crippen LogP) is 3.17. The molecule has 4 heteroatoms. The molecule has 1 saturated heterocycles. The lowest BCUT2D eigenvalue weighted by Crippen LogP contribution is -2.35. The summed E-state index contributed by atoms with van der Waals surface area (Å²) < 4.78 is 12.2. The summed E-state index contributed by atoms with van der Waals surface area (Å²) in [5.74, 6) is 1.78. The van der Waals surface area contributed by atoms with Gasteiger partial charge in [-0.25, -0.2) is 0 Å². The first kappa shape index (κ1) is 12.3. The number of rotatable bonds is 2. The Bertz CT molecular complexity index is 456. The first-order valence-electron chi connectivity index (χ1n) is 6.56. The van der Waals surface area contributed by atoms with Gasteiger partial charge in [-0.3, -0.25) is 0 Å². The van der Waals surface area contributed by atoms with Gasteiger partial charge in [0.15, 0.2) is 11.5 Å². The molecule has 98 valence electrons. The summed E-state index contributed by atoms with van der Waals surface area (Å²) in [7, 11) is 0. The number of ether oxygens (including phenoxy) is 2. The van der Waals surface area contributed by atoms with Crippen LogP contribution in [0, 0.1) is 6.92 Å². The highest BCUT2D eigenvalue weighted by atomic mass is 79.9. The largest absolute Gasteiger partial charge is 0.454 e. The molecule has 1 unspecified atom stereocenters. The lowest BCUT2D eigenvalue weighted by atomic mass is 9.96. The van der Waals surface area contributed by atoms with Gasteiger partial charge in [-0.15, -0.1) is 0 Å². The van der Waals surface area contributed by atoms with Crippen LogP contribution < -0.4 is 14.8 Å². The van der Waals surface area contributed by atoms with Gasteiger partial charge in [-0.2, -0.15) is 0 Å². The molecule has 0 aromatic heterocycles. The Balaban J connectivity index is 1.85. The lowest BCUT2D eigenvalue weighted by Gasteiger charge is -2.24. The van der Waals surface area contributed by atoms with E-state index in [1.165, 1.54) is 29.3 Å². The Kier molecular flexibility index (Phi) is 3.48. The van der Waals surface area contributed by atoms with Crippen molar-refractivity contribution in [1.29, 1.82) is 0 Å². The number of hydrogen-bond donors (Lipinski definition) is 1. The van der Waals surface area contributed by atoms with Gasteiger partial charge in [0.2, 0.25) is 6.79 Å². The zero-order chi connectivity index (χ0) is 12.5. The summed E-state index contributed by atoms with van der Waals surface area (Å²) in [6, 6.07) is 2.71. The maximum absolute atomic E-state index is 5.50. The summed E-state index contributed by atoms with van der Waals surface area (Å²) >= 11 is 3.70. The molecule has 1 N–H and O–H groups in total. The third kappa shape index (κ3) is 2.24. The molecule has 2 aliphatic rings. The van der Waals surface area contributed by atoms with E-state index < -0.39 is 0 Å². The van der Waals surface area contributed by atoms with Crippen molar-refractivity contribution in [3.8, 4) is 11.5 Å². The molecule has 1 aromatic rings. The van der Waals surface area contributed by atoms with Crippen LogP contribution in [0.25, 0.3) is 0 Å². The number of hydrogen-bond acceptors (Lipinski definition) is 3. The van der Waals surface area contributed by atoms with Crippen LogP contribution in [-0.4, -0.2) is 19.4 Å². The summed E-state index contributed by atoms with van der Waals surface area (Å²) in [6.07, 6.45) is 4.95. The SMILES string of the molecule is Cc1c(Br)c(CC2CCCCN2)cc2c1OCO2. The van der Waals surface area contributed by atoms with Crippen molar-refractivity contribution < 1.29 is 9.47 Å². The van der Waals surface area contributed by atoms with Crippen LogP contribution in [0.1, 0.15) is 30.4 Å². The second-order valence-electron chi connectivity index (χ2n) is 5.06. The number of piperidine rings is 1. The van der Waals surface area contributed by atoms with Crippen LogP contribution in [0.2, 0.25) is 0 Å². The average molecular weight is 312 g/mol. The Labute approximate surface area is 116 Å². The molecule has 0 aliphatic carbocycles. The van der Waals surface area contributed by atoms with Crippen LogP contribution in [0.15, 0.2) is 10.5 Å². The van der Waals surface area contributed by atoms with Crippen LogP contribution in [0.4, 0.5) is 0 Å². The van der Waals surface area contributed by atoms with Gasteiger partial charge in [0.25, 0.3) is 0 Å². The average Bonchev–Trinajstić information content (AvgIpc) is 2.85. The molecule has 18 heavy (non-hydrogen) atoms. The Hall–Kier alpha value is -0.740. The molecule has 0 bridgehead atoms. The van der Waals surface area contributed by atoms with Crippen LogP contribution >= 0.6 is 15.9 Å². The monoisotopic (exact) mass is 311 g/mol. The summed E-state index contributed by atoms with van der Waals surface area (Å²) in [6.45, 7) is 3.56. The highest BCUT2D eigenvalue weighted by Gasteiger charge is 2.22. The second kappa shape index (κ2) is 5.10. The molecule has 1 fully saturated rings. The molecule has 3 rings (SSSR count). The molecule has 2 heterocycles. The molecule has 2 aliphatic heterocycles. The standard InChI is InChI=1S/C14H18BrNO2/c1-9-13(15)10(6-11-4-2-3-5-16-11)7-12-14(9)18-8-17-12/h7,11,16H,2-6,8H2,1H3. The Morgan fingerprint density at radius 3 is 3.06 bits per heavy atom. The van der Waals surface area contributed by atoms with E-state index in [1.807, 2.05) is 0 Å². The first-order valence-corrected chi connectivity index (χ1v) is 7.36. The van der Waals surface area contributed by atoms with Crippen molar-refractivity contribution in [2.24, 2.45) is 0 Å². The van der Waals surface area contributed by atoms with E-state index in [4.69, 9.17) is 9.47 Å². The van der Waals surface area contributed by atoms with E-state index in [0.717, 1.165) is 30.0 Å². The fraction of sp³-hybridized carbons (Fsp3) is 0.571.